The molecule has 78 valence electrons. The highest BCUT2D eigenvalue weighted by molar-refractivity contribution is 5.19. The maximum Gasteiger partial charge on any atom is 0.0367 e. The zero-order valence-corrected chi connectivity index (χ0v) is 9.70. The van der Waals surface area contributed by atoms with Gasteiger partial charge in [-0.15, -0.1) is 0 Å². The number of hydrogen-bond acceptors (Lipinski definition) is 1. The molecule has 0 saturated heterocycles. The number of rotatable bonds is 4. The number of benzene rings is 1. The fraction of sp³-hybridized carbons (Fsp3) is 0.538. The predicted molar refractivity (Wildman–Crippen MR) is 62.3 cm³/mol. The molecule has 0 spiro atoms. The summed E-state index contributed by atoms with van der Waals surface area (Å²) < 4.78 is 0. The van der Waals surface area contributed by atoms with Gasteiger partial charge >= 0.3 is 0 Å². The van der Waals surface area contributed by atoms with Gasteiger partial charge in [0.25, 0.3) is 0 Å². The standard InChI is InChI=1S/C13H21N/c1-5-11(2)13(14(3)4)12-9-7-6-8-10-12/h6-11,13H,5H2,1-4H3/t11-,13+/m0/s1. The SMILES string of the molecule is CC[C@H](C)[C@H](c1ccccc1)N(C)C. The lowest BCUT2D eigenvalue weighted by Gasteiger charge is -2.30. The Bertz CT molecular complexity index is 253. The molecule has 0 heterocycles. The molecule has 2 atom stereocenters. The number of nitrogens with zero attached hydrogens (tertiary/aromatic N) is 1. The molecule has 0 saturated carbocycles. The van der Waals surface area contributed by atoms with Crippen molar-refractivity contribution in [2.75, 3.05) is 14.1 Å². The van der Waals surface area contributed by atoms with E-state index in [9.17, 15) is 0 Å². The Labute approximate surface area is 87.7 Å². The van der Waals surface area contributed by atoms with Gasteiger partial charge in [-0.3, -0.25) is 0 Å². The Hall–Kier alpha value is -0.820. The van der Waals surface area contributed by atoms with E-state index in [-0.39, 0.29) is 0 Å². The van der Waals surface area contributed by atoms with Crippen LogP contribution in [0, 0.1) is 5.92 Å². The second-order valence-electron chi connectivity index (χ2n) is 4.20. The van der Waals surface area contributed by atoms with Crippen molar-refractivity contribution in [1.29, 1.82) is 0 Å². The van der Waals surface area contributed by atoms with E-state index >= 15 is 0 Å². The fourth-order valence-corrected chi connectivity index (χ4v) is 2.01. The maximum absolute atomic E-state index is 2.32. The van der Waals surface area contributed by atoms with Gasteiger partial charge in [0.15, 0.2) is 0 Å². The smallest absolute Gasteiger partial charge is 0.0367 e. The quantitative estimate of drug-likeness (QED) is 0.705. The van der Waals surface area contributed by atoms with Crippen LogP contribution in [0.2, 0.25) is 0 Å². The minimum atomic E-state index is 0.543. The lowest BCUT2D eigenvalue weighted by molar-refractivity contribution is 0.219. The van der Waals surface area contributed by atoms with Gasteiger partial charge in [-0.1, -0.05) is 50.6 Å². The molecule has 0 aromatic heterocycles. The van der Waals surface area contributed by atoms with Crippen molar-refractivity contribution in [2.45, 2.75) is 26.3 Å². The van der Waals surface area contributed by atoms with Crippen molar-refractivity contribution in [3.8, 4) is 0 Å². The second kappa shape index (κ2) is 5.16. The van der Waals surface area contributed by atoms with Crippen molar-refractivity contribution in [3.05, 3.63) is 35.9 Å². The van der Waals surface area contributed by atoms with Crippen LogP contribution in [-0.2, 0) is 0 Å². The first-order valence-electron chi connectivity index (χ1n) is 5.38. The lowest BCUT2D eigenvalue weighted by atomic mass is 9.92. The molecule has 0 amide bonds. The molecule has 0 unspecified atom stereocenters. The summed E-state index contributed by atoms with van der Waals surface area (Å²) in [4.78, 5) is 2.31. The summed E-state index contributed by atoms with van der Waals surface area (Å²) in [5.74, 6) is 0.701. The second-order valence-corrected chi connectivity index (χ2v) is 4.20. The molecule has 0 aliphatic heterocycles. The monoisotopic (exact) mass is 191 g/mol. The van der Waals surface area contributed by atoms with Crippen LogP contribution in [0.3, 0.4) is 0 Å². The molecule has 1 nitrogen and oxygen atoms in total. The molecule has 1 aromatic rings. The van der Waals surface area contributed by atoms with Crippen molar-refractivity contribution in [3.63, 3.8) is 0 Å². The third-order valence-electron chi connectivity index (χ3n) is 2.88. The van der Waals surface area contributed by atoms with E-state index in [1.807, 2.05) is 0 Å². The highest BCUT2D eigenvalue weighted by Gasteiger charge is 2.19. The Morgan fingerprint density at radius 1 is 1.14 bits per heavy atom. The van der Waals surface area contributed by atoms with Crippen LogP contribution in [0.25, 0.3) is 0 Å². The molecular weight excluding hydrogens is 170 g/mol. The van der Waals surface area contributed by atoms with Crippen LogP contribution >= 0.6 is 0 Å². The Morgan fingerprint density at radius 2 is 1.71 bits per heavy atom. The highest BCUT2D eigenvalue weighted by Crippen LogP contribution is 2.28. The summed E-state index contributed by atoms with van der Waals surface area (Å²) in [6, 6.07) is 11.3. The average molecular weight is 191 g/mol. The van der Waals surface area contributed by atoms with Crippen LogP contribution in [0.15, 0.2) is 30.3 Å². The van der Waals surface area contributed by atoms with Gasteiger partial charge in [-0.25, -0.2) is 0 Å². The van der Waals surface area contributed by atoms with Crippen LogP contribution in [0.4, 0.5) is 0 Å². The van der Waals surface area contributed by atoms with E-state index in [4.69, 9.17) is 0 Å². The summed E-state index contributed by atoms with van der Waals surface area (Å²) in [6.45, 7) is 4.57. The van der Waals surface area contributed by atoms with E-state index in [2.05, 4.69) is 63.2 Å². The minimum absolute atomic E-state index is 0.543. The zero-order valence-electron chi connectivity index (χ0n) is 9.70. The van der Waals surface area contributed by atoms with E-state index in [0.717, 1.165) is 0 Å². The summed E-state index contributed by atoms with van der Waals surface area (Å²) in [5, 5.41) is 0. The van der Waals surface area contributed by atoms with Gasteiger partial charge in [0.1, 0.15) is 0 Å². The van der Waals surface area contributed by atoms with Crippen molar-refractivity contribution < 1.29 is 0 Å². The summed E-state index contributed by atoms with van der Waals surface area (Å²) in [5.41, 5.74) is 1.42. The Morgan fingerprint density at radius 3 is 2.14 bits per heavy atom. The summed E-state index contributed by atoms with van der Waals surface area (Å²) in [7, 11) is 4.31. The van der Waals surface area contributed by atoms with Crippen molar-refractivity contribution in [2.24, 2.45) is 5.92 Å². The Balaban J connectivity index is 2.89. The van der Waals surface area contributed by atoms with Crippen LogP contribution < -0.4 is 0 Å². The van der Waals surface area contributed by atoms with Gasteiger partial charge in [0.05, 0.1) is 0 Å². The Kier molecular flexibility index (Phi) is 4.15. The number of hydrogen-bond donors (Lipinski definition) is 0. The first kappa shape index (κ1) is 11.3. The largest absolute Gasteiger partial charge is 0.302 e. The minimum Gasteiger partial charge on any atom is -0.302 e. The van der Waals surface area contributed by atoms with Gasteiger partial charge in [0.2, 0.25) is 0 Å². The molecule has 0 aliphatic rings. The van der Waals surface area contributed by atoms with Gasteiger partial charge in [0, 0.05) is 6.04 Å². The first-order valence-corrected chi connectivity index (χ1v) is 5.38. The van der Waals surface area contributed by atoms with E-state index in [1.165, 1.54) is 12.0 Å². The molecule has 0 N–H and O–H groups in total. The van der Waals surface area contributed by atoms with E-state index in [1.54, 1.807) is 0 Å². The normalized spacial score (nSPS) is 15.5. The lowest BCUT2D eigenvalue weighted by Crippen LogP contribution is -2.25. The third-order valence-corrected chi connectivity index (χ3v) is 2.88. The van der Waals surface area contributed by atoms with E-state index < -0.39 is 0 Å². The van der Waals surface area contributed by atoms with Crippen LogP contribution in [0.1, 0.15) is 31.9 Å². The van der Waals surface area contributed by atoms with Crippen LogP contribution in [-0.4, -0.2) is 19.0 Å². The topological polar surface area (TPSA) is 3.24 Å². The van der Waals surface area contributed by atoms with Crippen molar-refractivity contribution >= 4 is 0 Å². The molecular formula is C13H21N. The van der Waals surface area contributed by atoms with E-state index in [0.29, 0.717) is 12.0 Å². The maximum atomic E-state index is 2.32. The average Bonchev–Trinajstić information content (AvgIpc) is 2.19. The van der Waals surface area contributed by atoms with Crippen LogP contribution in [0.5, 0.6) is 0 Å². The zero-order chi connectivity index (χ0) is 10.6. The molecule has 0 bridgehead atoms. The molecule has 0 aliphatic carbocycles. The first-order chi connectivity index (χ1) is 6.66. The highest BCUT2D eigenvalue weighted by atomic mass is 15.1. The molecule has 0 radical (unpaired) electrons. The molecule has 0 fully saturated rings. The van der Waals surface area contributed by atoms with Crippen molar-refractivity contribution in [1.82, 2.24) is 4.90 Å². The fourth-order valence-electron chi connectivity index (χ4n) is 2.01. The molecule has 1 aromatic carbocycles. The molecule has 1 heteroatoms. The third kappa shape index (κ3) is 2.58. The summed E-state index contributed by atoms with van der Waals surface area (Å²) >= 11 is 0. The predicted octanol–water partition coefficient (Wildman–Crippen LogP) is 3.34. The van der Waals surface area contributed by atoms with Gasteiger partial charge < -0.3 is 4.90 Å². The molecule has 1 rings (SSSR count). The summed E-state index contributed by atoms with van der Waals surface area (Å²) in [6.07, 6.45) is 1.22. The van der Waals surface area contributed by atoms with Gasteiger partial charge in [-0.05, 0) is 25.6 Å². The molecule has 14 heavy (non-hydrogen) atoms. The van der Waals surface area contributed by atoms with Gasteiger partial charge in [-0.2, -0.15) is 0 Å².